The molecular formula is C19H36N2O. The number of unbranched alkanes of at least 4 members (excludes halogenated alkanes) is 8. The zero-order valence-corrected chi connectivity index (χ0v) is 14.7. The van der Waals surface area contributed by atoms with Gasteiger partial charge < -0.3 is 0 Å². The lowest BCUT2D eigenvalue weighted by Crippen LogP contribution is -2.33. The largest absolute Gasteiger partial charge is 0.292 e. The monoisotopic (exact) mass is 308 g/mol. The number of allylic oxidation sites excluding steroid dienone is 4. The summed E-state index contributed by atoms with van der Waals surface area (Å²) in [5.74, 6) is 0.0909. The molecule has 0 aromatic rings. The molecule has 0 unspecified atom stereocenters. The average Bonchev–Trinajstić information content (AvgIpc) is 2.51. The molecule has 2 N–H and O–H groups in total. The highest BCUT2D eigenvalue weighted by Gasteiger charge is 1.98. The van der Waals surface area contributed by atoms with Crippen LogP contribution in [0.1, 0.15) is 84.0 Å². The molecule has 0 saturated heterocycles. The Kier molecular flexibility index (Phi) is 17.1. The summed E-state index contributed by atoms with van der Waals surface area (Å²) in [6.45, 7) is 2.24. The number of carbonyl (C=O) groups is 1. The maximum Gasteiger partial charge on any atom is 0.234 e. The van der Waals surface area contributed by atoms with Gasteiger partial charge in [0.15, 0.2) is 0 Å². The number of amides is 1. The van der Waals surface area contributed by atoms with E-state index in [9.17, 15) is 4.79 Å². The molecule has 0 aromatic carbocycles. The molecule has 0 aromatic heterocycles. The highest BCUT2D eigenvalue weighted by atomic mass is 16.2. The lowest BCUT2D eigenvalue weighted by molar-refractivity contribution is -0.122. The summed E-state index contributed by atoms with van der Waals surface area (Å²) in [7, 11) is 1.72. The third-order valence-corrected chi connectivity index (χ3v) is 3.62. The van der Waals surface area contributed by atoms with Crippen molar-refractivity contribution in [3.05, 3.63) is 24.3 Å². The predicted molar refractivity (Wildman–Crippen MR) is 96.6 cm³/mol. The normalized spacial score (nSPS) is 11.5. The SMILES string of the molecule is CCCCC/C=C/C/C=C/CCCCCCCC(=O)NNC. The van der Waals surface area contributed by atoms with Crippen LogP contribution in [0.5, 0.6) is 0 Å². The zero-order chi connectivity index (χ0) is 16.3. The second-order valence-corrected chi connectivity index (χ2v) is 5.78. The number of nitrogens with one attached hydrogen (secondary N) is 2. The van der Waals surface area contributed by atoms with Crippen molar-refractivity contribution in [3.8, 4) is 0 Å². The van der Waals surface area contributed by atoms with Crippen LogP contribution in [0.25, 0.3) is 0 Å². The van der Waals surface area contributed by atoms with Gasteiger partial charge in [-0.15, -0.1) is 0 Å². The molecule has 3 nitrogen and oxygen atoms in total. The molecule has 128 valence electrons. The topological polar surface area (TPSA) is 41.1 Å². The van der Waals surface area contributed by atoms with E-state index in [-0.39, 0.29) is 5.91 Å². The van der Waals surface area contributed by atoms with Crippen LogP contribution in [0.4, 0.5) is 0 Å². The van der Waals surface area contributed by atoms with Crippen molar-refractivity contribution in [1.82, 2.24) is 10.9 Å². The smallest absolute Gasteiger partial charge is 0.234 e. The highest BCUT2D eigenvalue weighted by molar-refractivity contribution is 5.75. The average molecular weight is 309 g/mol. The summed E-state index contributed by atoms with van der Waals surface area (Å²) in [4.78, 5) is 11.2. The molecule has 0 atom stereocenters. The van der Waals surface area contributed by atoms with Crippen molar-refractivity contribution in [3.63, 3.8) is 0 Å². The summed E-state index contributed by atoms with van der Waals surface area (Å²) in [5, 5.41) is 0. The minimum Gasteiger partial charge on any atom is -0.292 e. The van der Waals surface area contributed by atoms with E-state index in [0.717, 1.165) is 19.3 Å². The molecule has 0 bridgehead atoms. The molecule has 0 aliphatic carbocycles. The number of carbonyl (C=O) groups excluding carboxylic acids is 1. The lowest BCUT2D eigenvalue weighted by atomic mass is 10.1. The first kappa shape index (κ1) is 20.9. The molecule has 1 amide bonds. The van der Waals surface area contributed by atoms with Gasteiger partial charge in [-0.1, -0.05) is 63.3 Å². The Morgan fingerprint density at radius 2 is 1.41 bits per heavy atom. The molecule has 0 radical (unpaired) electrons. The summed E-state index contributed by atoms with van der Waals surface area (Å²) >= 11 is 0. The number of hydrogen-bond acceptors (Lipinski definition) is 2. The quantitative estimate of drug-likeness (QED) is 0.252. The summed E-state index contributed by atoms with van der Waals surface area (Å²) < 4.78 is 0. The Morgan fingerprint density at radius 3 is 2.05 bits per heavy atom. The van der Waals surface area contributed by atoms with Crippen LogP contribution in [0.2, 0.25) is 0 Å². The maximum atomic E-state index is 11.2. The Balaban J connectivity index is 3.22. The van der Waals surface area contributed by atoms with E-state index in [4.69, 9.17) is 0 Å². The van der Waals surface area contributed by atoms with Gasteiger partial charge in [-0.2, -0.15) is 0 Å². The van der Waals surface area contributed by atoms with Crippen LogP contribution in [0, 0.1) is 0 Å². The van der Waals surface area contributed by atoms with Crippen molar-refractivity contribution in [2.45, 2.75) is 84.0 Å². The summed E-state index contributed by atoms with van der Waals surface area (Å²) in [6.07, 6.45) is 23.2. The first-order chi connectivity index (χ1) is 10.8. The Labute approximate surface area is 137 Å². The van der Waals surface area contributed by atoms with E-state index >= 15 is 0 Å². The molecule has 0 aliphatic rings. The van der Waals surface area contributed by atoms with E-state index in [1.54, 1.807) is 7.05 Å². The van der Waals surface area contributed by atoms with Gasteiger partial charge in [0.1, 0.15) is 0 Å². The van der Waals surface area contributed by atoms with Crippen molar-refractivity contribution in [1.29, 1.82) is 0 Å². The fraction of sp³-hybridized carbons (Fsp3) is 0.737. The molecule has 22 heavy (non-hydrogen) atoms. The van der Waals surface area contributed by atoms with Crippen LogP contribution in [-0.4, -0.2) is 13.0 Å². The highest BCUT2D eigenvalue weighted by Crippen LogP contribution is 2.08. The first-order valence-electron chi connectivity index (χ1n) is 9.06. The van der Waals surface area contributed by atoms with E-state index in [0.29, 0.717) is 6.42 Å². The number of rotatable bonds is 15. The van der Waals surface area contributed by atoms with Crippen LogP contribution in [0.3, 0.4) is 0 Å². The molecule has 0 aliphatic heterocycles. The molecular weight excluding hydrogens is 272 g/mol. The Hall–Kier alpha value is -1.09. The van der Waals surface area contributed by atoms with Crippen molar-refractivity contribution in [2.24, 2.45) is 0 Å². The van der Waals surface area contributed by atoms with Gasteiger partial charge in [0.2, 0.25) is 5.91 Å². The van der Waals surface area contributed by atoms with Gasteiger partial charge in [0.05, 0.1) is 0 Å². The van der Waals surface area contributed by atoms with Gasteiger partial charge in [-0.3, -0.25) is 10.2 Å². The van der Waals surface area contributed by atoms with Gasteiger partial charge in [-0.25, -0.2) is 5.43 Å². The van der Waals surface area contributed by atoms with Crippen LogP contribution in [0.15, 0.2) is 24.3 Å². The maximum absolute atomic E-state index is 11.2. The van der Waals surface area contributed by atoms with Crippen LogP contribution in [-0.2, 0) is 4.79 Å². The zero-order valence-electron chi connectivity index (χ0n) is 14.7. The minimum absolute atomic E-state index is 0.0909. The third kappa shape index (κ3) is 17.0. The Bertz CT molecular complexity index is 298. The number of hydrazine groups is 1. The van der Waals surface area contributed by atoms with E-state index in [1.165, 1.54) is 51.4 Å². The number of hydrogen-bond donors (Lipinski definition) is 2. The second kappa shape index (κ2) is 18.0. The van der Waals surface area contributed by atoms with Gasteiger partial charge in [-0.05, 0) is 38.5 Å². The molecule has 0 saturated carbocycles. The molecule has 0 fully saturated rings. The van der Waals surface area contributed by atoms with Gasteiger partial charge in [0.25, 0.3) is 0 Å². The van der Waals surface area contributed by atoms with Crippen molar-refractivity contribution < 1.29 is 4.79 Å². The van der Waals surface area contributed by atoms with Gasteiger partial charge in [0, 0.05) is 13.5 Å². The fourth-order valence-corrected chi connectivity index (χ4v) is 2.30. The molecule has 3 heteroatoms. The predicted octanol–water partition coefficient (Wildman–Crippen LogP) is 5.05. The minimum atomic E-state index is 0.0909. The standard InChI is InChI=1S/C19H36N2O/c1-3-4-5-6-7-8-9-10-11-12-13-14-15-16-17-18-19(22)21-20-2/h7-8,10-11,20H,3-6,9,12-18H2,1-2H3,(H,21,22)/b8-7+,11-10+. The van der Waals surface area contributed by atoms with Gasteiger partial charge >= 0.3 is 0 Å². The van der Waals surface area contributed by atoms with Crippen molar-refractivity contribution >= 4 is 5.91 Å². The van der Waals surface area contributed by atoms with Crippen LogP contribution < -0.4 is 10.9 Å². The van der Waals surface area contributed by atoms with Crippen LogP contribution >= 0.6 is 0 Å². The van der Waals surface area contributed by atoms with Crippen molar-refractivity contribution in [2.75, 3.05) is 7.05 Å². The lowest BCUT2D eigenvalue weighted by Gasteiger charge is -2.02. The molecule has 0 heterocycles. The van der Waals surface area contributed by atoms with E-state index < -0.39 is 0 Å². The molecule has 0 spiro atoms. The first-order valence-corrected chi connectivity index (χ1v) is 9.06. The fourth-order valence-electron chi connectivity index (χ4n) is 2.30. The van der Waals surface area contributed by atoms with E-state index in [2.05, 4.69) is 42.1 Å². The Morgan fingerprint density at radius 1 is 0.818 bits per heavy atom. The second-order valence-electron chi connectivity index (χ2n) is 5.78. The summed E-state index contributed by atoms with van der Waals surface area (Å²) in [6, 6.07) is 0. The molecule has 0 rings (SSSR count). The third-order valence-electron chi connectivity index (χ3n) is 3.62. The summed E-state index contributed by atoms with van der Waals surface area (Å²) in [5.41, 5.74) is 5.25. The van der Waals surface area contributed by atoms with E-state index in [1.807, 2.05) is 0 Å².